The van der Waals surface area contributed by atoms with Gasteiger partial charge in [-0.05, 0) is 45.0 Å². The zero-order valence-electron chi connectivity index (χ0n) is 16.4. The summed E-state index contributed by atoms with van der Waals surface area (Å²) in [5, 5.41) is 3.60. The fraction of sp³-hybridized carbons (Fsp3) is 0.450. The third kappa shape index (κ3) is 4.94. The number of nitrogens with zero attached hydrogens (tertiary/aromatic N) is 3. The van der Waals surface area contributed by atoms with Gasteiger partial charge in [0.15, 0.2) is 0 Å². The van der Waals surface area contributed by atoms with Crippen molar-refractivity contribution in [2.45, 2.75) is 26.8 Å². The van der Waals surface area contributed by atoms with Crippen molar-refractivity contribution in [3.63, 3.8) is 0 Å². The molecule has 0 bridgehead atoms. The van der Waals surface area contributed by atoms with Crippen LogP contribution in [0.15, 0.2) is 24.3 Å². The monoisotopic (exact) mass is 404 g/mol. The SMILES string of the molecule is Cc1nc(-c2ccc(F)cc2)sc1C(=O)N1CCN(CC(=O)NC(C)C)CC1. The Morgan fingerprint density at radius 2 is 1.82 bits per heavy atom. The summed E-state index contributed by atoms with van der Waals surface area (Å²) < 4.78 is 13.1. The van der Waals surface area contributed by atoms with Gasteiger partial charge in [0.1, 0.15) is 15.7 Å². The maximum Gasteiger partial charge on any atom is 0.265 e. The number of hydrogen-bond donors (Lipinski definition) is 1. The highest BCUT2D eigenvalue weighted by Gasteiger charge is 2.26. The molecule has 2 amide bonds. The Bertz CT molecular complexity index is 842. The van der Waals surface area contributed by atoms with Gasteiger partial charge < -0.3 is 10.2 Å². The lowest BCUT2D eigenvalue weighted by molar-refractivity contribution is -0.123. The van der Waals surface area contributed by atoms with Crippen molar-refractivity contribution in [2.24, 2.45) is 0 Å². The molecule has 0 saturated carbocycles. The predicted molar refractivity (Wildman–Crippen MR) is 108 cm³/mol. The molecule has 8 heteroatoms. The van der Waals surface area contributed by atoms with Gasteiger partial charge >= 0.3 is 0 Å². The summed E-state index contributed by atoms with van der Waals surface area (Å²) in [4.78, 5) is 33.8. The smallest absolute Gasteiger partial charge is 0.265 e. The van der Waals surface area contributed by atoms with E-state index in [-0.39, 0.29) is 23.7 Å². The molecule has 28 heavy (non-hydrogen) atoms. The van der Waals surface area contributed by atoms with Gasteiger partial charge in [-0.15, -0.1) is 11.3 Å². The third-order valence-electron chi connectivity index (χ3n) is 4.56. The molecule has 6 nitrogen and oxygen atoms in total. The zero-order chi connectivity index (χ0) is 20.3. The highest BCUT2D eigenvalue weighted by atomic mass is 32.1. The van der Waals surface area contributed by atoms with Crippen LogP contribution >= 0.6 is 11.3 Å². The number of carbonyl (C=O) groups excluding carboxylic acids is 2. The Hall–Kier alpha value is -2.32. The second kappa shape index (κ2) is 8.79. The van der Waals surface area contributed by atoms with Crippen LogP contribution in [-0.2, 0) is 4.79 Å². The van der Waals surface area contributed by atoms with E-state index >= 15 is 0 Å². The molecular weight excluding hydrogens is 379 g/mol. The Morgan fingerprint density at radius 1 is 1.18 bits per heavy atom. The van der Waals surface area contributed by atoms with Crippen LogP contribution in [0.4, 0.5) is 4.39 Å². The van der Waals surface area contributed by atoms with E-state index in [2.05, 4.69) is 15.2 Å². The van der Waals surface area contributed by atoms with E-state index in [0.29, 0.717) is 48.3 Å². The molecule has 0 unspecified atom stereocenters. The number of aromatic nitrogens is 1. The Labute approximate surface area is 168 Å². The van der Waals surface area contributed by atoms with Crippen LogP contribution < -0.4 is 5.32 Å². The molecule has 1 aliphatic heterocycles. The lowest BCUT2D eigenvalue weighted by Gasteiger charge is -2.34. The van der Waals surface area contributed by atoms with Crippen molar-refractivity contribution >= 4 is 23.2 Å². The van der Waals surface area contributed by atoms with Crippen LogP contribution in [0.3, 0.4) is 0 Å². The first-order chi connectivity index (χ1) is 13.3. The molecular formula is C20H25FN4O2S. The highest BCUT2D eigenvalue weighted by molar-refractivity contribution is 7.17. The van der Waals surface area contributed by atoms with Gasteiger partial charge in [-0.3, -0.25) is 14.5 Å². The second-order valence-electron chi connectivity index (χ2n) is 7.23. The first-order valence-corrected chi connectivity index (χ1v) is 10.2. The van der Waals surface area contributed by atoms with Crippen LogP contribution in [0, 0.1) is 12.7 Å². The standard InChI is InChI=1S/C20H25FN4O2S/c1-13(2)22-17(26)12-24-8-10-25(11-9-24)20(27)18-14(3)23-19(28-18)15-4-6-16(21)7-5-15/h4-7,13H,8-12H2,1-3H3,(H,22,26). The molecule has 1 aliphatic rings. The maximum absolute atomic E-state index is 13.1. The van der Waals surface area contributed by atoms with Crippen LogP contribution in [0.2, 0.25) is 0 Å². The second-order valence-corrected chi connectivity index (χ2v) is 8.23. The van der Waals surface area contributed by atoms with E-state index in [1.165, 1.54) is 23.5 Å². The average Bonchev–Trinajstić information content (AvgIpc) is 3.03. The van der Waals surface area contributed by atoms with Crippen LogP contribution in [0.5, 0.6) is 0 Å². The molecule has 3 rings (SSSR count). The van der Waals surface area contributed by atoms with Gasteiger partial charge in [0.25, 0.3) is 5.91 Å². The van der Waals surface area contributed by atoms with E-state index in [9.17, 15) is 14.0 Å². The molecule has 2 heterocycles. The quantitative estimate of drug-likeness (QED) is 0.832. The number of aryl methyl sites for hydroxylation is 1. The Morgan fingerprint density at radius 3 is 2.43 bits per heavy atom. The minimum absolute atomic E-state index is 0.0111. The first kappa shape index (κ1) is 20.4. The largest absolute Gasteiger partial charge is 0.353 e. The average molecular weight is 405 g/mol. The van der Waals surface area contributed by atoms with Crippen LogP contribution in [0.25, 0.3) is 10.6 Å². The fourth-order valence-electron chi connectivity index (χ4n) is 3.13. The van der Waals surface area contributed by atoms with Crippen molar-refractivity contribution in [1.82, 2.24) is 20.1 Å². The van der Waals surface area contributed by atoms with E-state index < -0.39 is 0 Å². The molecule has 1 aromatic carbocycles. The molecule has 1 fully saturated rings. The third-order valence-corrected chi connectivity index (χ3v) is 5.75. The number of thiazole rings is 1. The Balaban J connectivity index is 1.61. The lowest BCUT2D eigenvalue weighted by Crippen LogP contribution is -2.51. The van der Waals surface area contributed by atoms with Gasteiger partial charge in [0, 0.05) is 37.8 Å². The van der Waals surface area contributed by atoms with Gasteiger partial charge in [-0.25, -0.2) is 9.37 Å². The molecule has 150 valence electrons. The number of hydrogen-bond acceptors (Lipinski definition) is 5. The predicted octanol–water partition coefficient (Wildman–Crippen LogP) is 2.54. The summed E-state index contributed by atoms with van der Waals surface area (Å²) in [5.41, 5.74) is 1.49. The minimum atomic E-state index is -0.298. The van der Waals surface area contributed by atoms with Gasteiger partial charge in [0.2, 0.25) is 5.91 Å². The van der Waals surface area contributed by atoms with Gasteiger partial charge in [-0.2, -0.15) is 0 Å². The van der Waals surface area contributed by atoms with Crippen molar-refractivity contribution in [2.75, 3.05) is 32.7 Å². The molecule has 0 radical (unpaired) electrons. The van der Waals surface area contributed by atoms with Crippen molar-refractivity contribution in [3.8, 4) is 10.6 Å². The summed E-state index contributed by atoms with van der Waals surface area (Å²) in [6.45, 7) is 8.55. The fourth-order valence-corrected chi connectivity index (χ4v) is 4.17. The van der Waals surface area contributed by atoms with E-state index in [1.807, 2.05) is 25.7 Å². The number of rotatable bonds is 5. The molecule has 0 spiro atoms. The zero-order valence-corrected chi connectivity index (χ0v) is 17.2. The summed E-state index contributed by atoms with van der Waals surface area (Å²) in [5.74, 6) is -0.320. The molecule has 1 saturated heterocycles. The van der Waals surface area contributed by atoms with E-state index in [1.54, 1.807) is 12.1 Å². The summed E-state index contributed by atoms with van der Waals surface area (Å²) in [6.07, 6.45) is 0. The minimum Gasteiger partial charge on any atom is -0.353 e. The molecule has 1 N–H and O–H groups in total. The number of halogens is 1. The number of piperazine rings is 1. The van der Waals surface area contributed by atoms with Gasteiger partial charge in [-0.1, -0.05) is 0 Å². The topological polar surface area (TPSA) is 65.5 Å². The molecule has 0 atom stereocenters. The van der Waals surface area contributed by atoms with Crippen molar-refractivity contribution in [3.05, 3.63) is 40.7 Å². The Kier molecular flexibility index (Phi) is 6.41. The van der Waals surface area contributed by atoms with Crippen LogP contribution in [0.1, 0.15) is 29.2 Å². The van der Waals surface area contributed by atoms with E-state index in [0.717, 1.165) is 5.56 Å². The van der Waals surface area contributed by atoms with Crippen LogP contribution in [-0.4, -0.2) is 65.4 Å². The maximum atomic E-state index is 13.1. The number of benzene rings is 1. The van der Waals surface area contributed by atoms with Crippen molar-refractivity contribution in [1.29, 1.82) is 0 Å². The van der Waals surface area contributed by atoms with Gasteiger partial charge in [0.05, 0.1) is 12.2 Å². The summed E-state index contributed by atoms with van der Waals surface area (Å²) in [6, 6.07) is 6.25. The highest BCUT2D eigenvalue weighted by Crippen LogP contribution is 2.29. The molecule has 2 aromatic rings. The summed E-state index contributed by atoms with van der Waals surface area (Å²) in [7, 11) is 0. The molecule has 0 aliphatic carbocycles. The first-order valence-electron chi connectivity index (χ1n) is 9.38. The number of carbonyl (C=O) groups is 2. The van der Waals surface area contributed by atoms with E-state index in [4.69, 9.17) is 0 Å². The molecule has 1 aromatic heterocycles. The number of amides is 2. The normalized spacial score (nSPS) is 15.1. The number of nitrogens with one attached hydrogen (secondary N) is 1. The van der Waals surface area contributed by atoms with Crippen molar-refractivity contribution < 1.29 is 14.0 Å². The lowest BCUT2D eigenvalue weighted by atomic mass is 10.2. The summed E-state index contributed by atoms with van der Waals surface area (Å²) >= 11 is 1.34.